The molecule has 3 fully saturated rings. The van der Waals surface area contributed by atoms with E-state index in [1.807, 2.05) is 0 Å². The lowest BCUT2D eigenvalue weighted by Crippen LogP contribution is -2.34. The van der Waals surface area contributed by atoms with Crippen LogP contribution >= 0.6 is 0 Å². The molecule has 0 amide bonds. The second-order valence-electron chi connectivity index (χ2n) is 4.69. The number of aliphatic hydroxyl groups excluding tert-OH is 1. The first kappa shape index (κ1) is 7.34. The summed E-state index contributed by atoms with van der Waals surface area (Å²) in [6.07, 6.45) is 5.59. The Kier molecular flexibility index (Phi) is 1.50. The second kappa shape index (κ2) is 2.46. The van der Waals surface area contributed by atoms with E-state index in [0.29, 0.717) is 12.5 Å². The van der Waals surface area contributed by atoms with E-state index < -0.39 is 0 Å². The first-order chi connectivity index (χ1) is 5.90. The molecule has 2 saturated carbocycles. The molecule has 3 aliphatic rings. The highest BCUT2D eigenvalue weighted by atomic mass is 16.3. The van der Waals surface area contributed by atoms with E-state index in [4.69, 9.17) is 5.11 Å². The van der Waals surface area contributed by atoms with Crippen LogP contribution in [0.4, 0.5) is 0 Å². The van der Waals surface area contributed by atoms with Crippen molar-refractivity contribution < 1.29 is 5.11 Å². The van der Waals surface area contributed by atoms with Gasteiger partial charge in [-0.1, -0.05) is 0 Å². The number of nitrogens with zero attached hydrogens (tertiary/aromatic N) is 1. The van der Waals surface area contributed by atoms with Gasteiger partial charge in [0.05, 0.1) is 0 Å². The lowest BCUT2D eigenvalue weighted by molar-refractivity contribution is 0.179. The van der Waals surface area contributed by atoms with Crippen molar-refractivity contribution in [1.29, 1.82) is 0 Å². The van der Waals surface area contributed by atoms with E-state index in [-0.39, 0.29) is 0 Å². The maximum absolute atomic E-state index is 8.98. The van der Waals surface area contributed by atoms with Crippen LogP contribution in [-0.4, -0.2) is 35.2 Å². The summed E-state index contributed by atoms with van der Waals surface area (Å²) >= 11 is 0. The number of rotatable bonds is 2. The smallest absolute Gasteiger partial charge is 0.0474 e. The molecule has 1 heterocycles. The first-order valence-corrected chi connectivity index (χ1v) is 5.27. The van der Waals surface area contributed by atoms with Gasteiger partial charge in [0.25, 0.3) is 0 Å². The van der Waals surface area contributed by atoms with Gasteiger partial charge in [0.15, 0.2) is 0 Å². The third-order valence-corrected chi connectivity index (χ3v) is 3.85. The minimum absolute atomic E-state index is 0.415. The summed E-state index contributed by atoms with van der Waals surface area (Å²) < 4.78 is 0. The molecule has 0 aromatic rings. The van der Waals surface area contributed by atoms with E-state index in [0.717, 1.165) is 18.0 Å². The average molecular weight is 167 g/mol. The van der Waals surface area contributed by atoms with Gasteiger partial charge in [0.2, 0.25) is 0 Å². The Morgan fingerprint density at radius 2 is 2.17 bits per heavy atom. The fraction of sp³-hybridized carbons (Fsp3) is 1.00. The van der Waals surface area contributed by atoms with Crippen LogP contribution in [0.2, 0.25) is 0 Å². The zero-order chi connectivity index (χ0) is 8.13. The summed E-state index contributed by atoms with van der Waals surface area (Å²) in [5, 5.41) is 8.98. The number of aliphatic hydroxyl groups is 1. The molecule has 0 bridgehead atoms. The Labute approximate surface area is 73.6 Å². The summed E-state index contributed by atoms with van der Waals surface area (Å²) in [5.41, 5.74) is 0. The third-order valence-electron chi connectivity index (χ3n) is 3.85. The van der Waals surface area contributed by atoms with Crippen LogP contribution in [0.5, 0.6) is 0 Å². The summed E-state index contributed by atoms with van der Waals surface area (Å²) in [4.78, 5) is 2.68. The summed E-state index contributed by atoms with van der Waals surface area (Å²) in [7, 11) is 0. The van der Waals surface area contributed by atoms with E-state index >= 15 is 0 Å². The second-order valence-corrected chi connectivity index (χ2v) is 4.69. The van der Waals surface area contributed by atoms with Crippen LogP contribution in [0, 0.1) is 11.8 Å². The van der Waals surface area contributed by atoms with Gasteiger partial charge in [-0.3, -0.25) is 4.90 Å². The van der Waals surface area contributed by atoms with Crippen molar-refractivity contribution in [3.05, 3.63) is 0 Å². The van der Waals surface area contributed by atoms with E-state index in [2.05, 4.69) is 4.90 Å². The molecule has 1 saturated heterocycles. The number of hydrogen-bond acceptors (Lipinski definition) is 2. The van der Waals surface area contributed by atoms with Crippen molar-refractivity contribution >= 4 is 0 Å². The highest BCUT2D eigenvalue weighted by Crippen LogP contribution is 2.49. The average Bonchev–Trinajstić information content (AvgIpc) is 2.98. The van der Waals surface area contributed by atoms with Gasteiger partial charge in [-0.2, -0.15) is 0 Å². The highest BCUT2D eigenvalue weighted by Gasteiger charge is 2.52. The summed E-state index contributed by atoms with van der Waals surface area (Å²) in [6.45, 7) is 1.72. The van der Waals surface area contributed by atoms with Gasteiger partial charge in [-0.15, -0.1) is 0 Å². The fourth-order valence-corrected chi connectivity index (χ4v) is 2.90. The Morgan fingerprint density at radius 1 is 1.25 bits per heavy atom. The van der Waals surface area contributed by atoms with E-state index in [1.54, 1.807) is 0 Å². The molecule has 1 N–H and O–H groups in total. The van der Waals surface area contributed by atoms with Crippen molar-refractivity contribution in [1.82, 2.24) is 4.90 Å². The molecule has 0 aromatic carbocycles. The zero-order valence-electron chi connectivity index (χ0n) is 7.45. The number of likely N-dealkylation sites (tertiary alicyclic amines) is 1. The molecule has 2 heteroatoms. The van der Waals surface area contributed by atoms with Gasteiger partial charge in [-0.05, 0) is 44.1 Å². The van der Waals surface area contributed by atoms with E-state index in [9.17, 15) is 0 Å². The lowest BCUT2D eigenvalue weighted by atomic mass is 10.1. The van der Waals surface area contributed by atoms with Crippen molar-refractivity contribution in [3.63, 3.8) is 0 Å². The molecule has 4 atom stereocenters. The van der Waals surface area contributed by atoms with Crippen LogP contribution in [-0.2, 0) is 0 Å². The molecular formula is C10H17NO. The highest BCUT2D eigenvalue weighted by molar-refractivity contribution is 5.06. The number of piperidine rings is 1. The molecule has 2 aliphatic carbocycles. The molecule has 0 radical (unpaired) electrons. The van der Waals surface area contributed by atoms with Crippen LogP contribution < -0.4 is 0 Å². The van der Waals surface area contributed by atoms with E-state index in [1.165, 1.54) is 32.2 Å². The normalized spacial score (nSPS) is 51.8. The maximum Gasteiger partial charge on any atom is 0.0474 e. The minimum Gasteiger partial charge on any atom is -0.396 e. The van der Waals surface area contributed by atoms with Gasteiger partial charge < -0.3 is 5.11 Å². The zero-order valence-corrected chi connectivity index (χ0v) is 7.45. The molecule has 0 spiro atoms. The minimum atomic E-state index is 0.415. The Balaban J connectivity index is 1.62. The largest absolute Gasteiger partial charge is 0.396 e. The lowest BCUT2D eigenvalue weighted by Gasteiger charge is -2.26. The van der Waals surface area contributed by atoms with Crippen molar-refractivity contribution in [2.45, 2.75) is 37.8 Å². The maximum atomic E-state index is 8.98. The van der Waals surface area contributed by atoms with Gasteiger partial charge in [0.1, 0.15) is 0 Å². The molecule has 4 unspecified atom stereocenters. The predicted octanol–water partition coefficient (Wildman–Crippen LogP) is 0.851. The molecule has 0 aromatic heterocycles. The van der Waals surface area contributed by atoms with Crippen LogP contribution in [0.3, 0.4) is 0 Å². The quantitative estimate of drug-likeness (QED) is 0.659. The van der Waals surface area contributed by atoms with Crippen LogP contribution in [0.25, 0.3) is 0 Å². The first-order valence-electron chi connectivity index (χ1n) is 5.27. The van der Waals surface area contributed by atoms with Gasteiger partial charge in [0, 0.05) is 18.7 Å². The van der Waals surface area contributed by atoms with Crippen molar-refractivity contribution in [3.8, 4) is 0 Å². The predicted molar refractivity (Wildman–Crippen MR) is 46.8 cm³/mol. The number of fused-ring (bicyclic) bond motifs is 1. The monoisotopic (exact) mass is 167 g/mol. The van der Waals surface area contributed by atoms with Gasteiger partial charge >= 0.3 is 0 Å². The molecular weight excluding hydrogens is 150 g/mol. The Morgan fingerprint density at radius 3 is 2.92 bits per heavy atom. The van der Waals surface area contributed by atoms with Crippen LogP contribution in [0.1, 0.15) is 25.7 Å². The third kappa shape index (κ3) is 1.01. The summed E-state index contributed by atoms with van der Waals surface area (Å²) in [5.74, 6) is 1.67. The van der Waals surface area contributed by atoms with Crippen molar-refractivity contribution in [2.24, 2.45) is 11.8 Å². The van der Waals surface area contributed by atoms with Gasteiger partial charge in [-0.25, -0.2) is 0 Å². The molecule has 68 valence electrons. The Bertz CT molecular complexity index is 194. The SMILES string of the molecule is OCC1CC1N1CCCC2CC21. The molecule has 12 heavy (non-hydrogen) atoms. The van der Waals surface area contributed by atoms with Crippen LogP contribution in [0.15, 0.2) is 0 Å². The van der Waals surface area contributed by atoms with Crippen molar-refractivity contribution in [2.75, 3.05) is 13.2 Å². The number of hydrogen-bond donors (Lipinski definition) is 1. The fourth-order valence-electron chi connectivity index (χ4n) is 2.90. The standard InChI is InChI=1S/C10H17NO/c12-6-8-5-10(8)11-3-1-2-7-4-9(7)11/h7-10,12H,1-6H2. The molecule has 2 nitrogen and oxygen atoms in total. The summed E-state index contributed by atoms with van der Waals surface area (Å²) in [6, 6.07) is 1.70. The topological polar surface area (TPSA) is 23.5 Å². The molecule has 3 rings (SSSR count). The molecule has 1 aliphatic heterocycles. The Hall–Kier alpha value is -0.0800.